The molecule has 1 aromatic heterocycles. The van der Waals surface area contributed by atoms with Crippen LogP contribution in [0.4, 0.5) is 4.39 Å². The van der Waals surface area contributed by atoms with Crippen molar-refractivity contribution in [2.45, 2.75) is 19.0 Å². The van der Waals surface area contributed by atoms with Gasteiger partial charge < -0.3 is 4.74 Å². The van der Waals surface area contributed by atoms with E-state index < -0.39 is 0 Å². The highest BCUT2D eigenvalue weighted by atomic mass is 35.5. The molecule has 0 fully saturated rings. The van der Waals surface area contributed by atoms with Crippen molar-refractivity contribution in [2.24, 2.45) is 0 Å². The molecule has 0 atom stereocenters. The molecule has 1 heterocycles. The van der Waals surface area contributed by atoms with E-state index >= 15 is 0 Å². The third-order valence-corrected chi connectivity index (χ3v) is 2.80. The summed E-state index contributed by atoms with van der Waals surface area (Å²) in [5, 5.41) is 7.99. The average Bonchev–Trinajstić information content (AvgIpc) is 2.72. The normalized spacial score (nSPS) is 10.8. The Morgan fingerprint density at radius 1 is 1.44 bits per heavy atom. The summed E-state index contributed by atoms with van der Waals surface area (Å²) in [6, 6.07) is 6.38. The summed E-state index contributed by atoms with van der Waals surface area (Å²) in [5.74, 6) is 0.0143. The van der Waals surface area contributed by atoms with Gasteiger partial charge in [0.05, 0.1) is 24.7 Å². The molecule has 0 unspecified atom stereocenters. The number of ether oxygens (including phenoxy) is 1. The number of rotatable bonds is 5. The van der Waals surface area contributed by atoms with E-state index in [0.717, 1.165) is 11.3 Å². The first-order valence-corrected chi connectivity index (χ1v) is 5.98. The van der Waals surface area contributed by atoms with E-state index in [9.17, 15) is 4.39 Å². The second-order valence-electron chi connectivity index (χ2n) is 3.84. The fraction of sp³-hybridized carbons (Fsp3) is 0.333. The second-order valence-corrected chi connectivity index (χ2v) is 4.10. The van der Waals surface area contributed by atoms with Crippen LogP contribution in [0.1, 0.15) is 17.0 Å². The van der Waals surface area contributed by atoms with Crippen LogP contribution < -0.4 is 0 Å². The fourth-order valence-electron chi connectivity index (χ4n) is 1.70. The van der Waals surface area contributed by atoms with E-state index in [0.29, 0.717) is 18.8 Å². The number of hydrogen-bond donors (Lipinski definition) is 0. The minimum atomic E-state index is -0.265. The van der Waals surface area contributed by atoms with Gasteiger partial charge in [-0.05, 0) is 17.7 Å². The van der Waals surface area contributed by atoms with Gasteiger partial charge in [-0.3, -0.25) is 0 Å². The molecule has 96 valence electrons. The molecular formula is C12H13ClFN3O. The highest BCUT2D eigenvalue weighted by Gasteiger charge is 2.12. The minimum absolute atomic E-state index is 0.265. The largest absolute Gasteiger partial charge is 0.378 e. The van der Waals surface area contributed by atoms with Gasteiger partial charge in [0.1, 0.15) is 11.5 Å². The smallest absolute Gasteiger partial charge is 0.123 e. The Bertz CT molecular complexity index is 530. The van der Waals surface area contributed by atoms with Crippen molar-refractivity contribution in [2.75, 3.05) is 7.11 Å². The lowest BCUT2D eigenvalue weighted by Crippen LogP contribution is -2.08. The maximum Gasteiger partial charge on any atom is 0.123 e. The van der Waals surface area contributed by atoms with Gasteiger partial charge in [0.15, 0.2) is 0 Å². The van der Waals surface area contributed by atoms with E-state index in [2.05, 4.69) is 10.3 Å². The van der Waals surface area contributed by atoms with Crippen molar-refractivity contribution < 1.29 is 9.13 Å². The molecular weight excluding hydrogens is 257 g/mol. The Labute approximate surface area is 109 Å². The molecule has 2 rings (SSSR count). The Balaban J connectivity index is 2.25. The van der Waals surface area contributed by atoms with Crippen LogP contribution in [0, 0.1) is 5.82 Å². The molecule has 0 saturated carbocycles. The van der Waals surface area contributed by atoms with Gasteiger partial charge in [-0.1, -0.05) is 17.3 Å². The fourth-order valence-corrected chi connectivity index (χ4v) is 1.91. The van der Waals surface area contributed by atoms with E-state index in [-0.39, 0.29) is 11.7 Å². The predicted octanol–water partition coefficient (Wildman–Crippen LogP) is 2.35. The van der Waals surface area contributed by atoms with E-state index in [1.54, 1.807) is 17.9 Å². The maximum atomic E-state index is 13.1. The molecule has 0 bridgehead atoms. The van der Waals surface area contributed by atoms with Gasteiger partial charge in [0.25, 0.3) is 0 Å². The molecule has 4 nitrogen and oxygen atoms in total. The van der Waals surface area contributed by atoms with Crippen LogP contribution in [-0.2, 0) is 23.8 Å². The summed E-state index contributed by atoms with van der Waals surface area (Å²) in [5.41, 5.74) is 2.32. The zero-order chi connectivity index (χ0) is 13.0. The first kappa shape index (κ1) is 13.0. The van der Waals surface area contributed by atoms with E-state index in [1.807, 2.05) is 6.07 Å². The topological polar surface area (TPSA) is 39.9 Å². The second kappa shape index (κ2) is 5.93. The van der Waals surface area contributed by atoms with E-state index in [4.69, 9.17) is 16.3 Å². The van der Waals surface area contributed by atoms with Crippen molar-refractivity contribution in [3.05, 3.63) is 47.0 Å². The number of benzene rings is 1. The molecule has 2 aromatic rings. The molecule has 0 aliphatic carbocycles. The van der Waals surface area contributed by atoms with Crippen LogP contribution in [0.3, 0.4) is 0 Å². The SMILES string of the molecule is COCc1c(CCl)nnn1Cc1cccc(F)c1. The molecule has 1 aromatic carbocycles. The molecule has 6 heteroatoms. The number of halogens is 2. The number of alkyl halides is 1. The van der Waals surface area contributed by atoms with Crippen LogP contribution in [0.25, 0.3) is 0 Å². The van der Waals surface area contributed by atoms with Gasteiger partial charge in [-0.15, -0.1) is 16.7 Å². The summed E-state index contributed by atoms with van der Waals surface area (Å²) in [6.07, 6.45) is 0. The van der Waals surface area contributed by atoms with Crippen molar-refractivity contribution in [1.82, 2.24) is 15.0 Å². The van der Waals surface area contributed by atoms with Crippen LogP contribution in [0.5, 0.6) is 0 Å². The zero-order valence-corrected chi connectivity index (χ0v) is 10.7. The molecule has 0 N–H and O–H groups in total. The number of nitrogens with zero attached hydrogens (tertiary/aromatic N) is 3. The summed E-state index contributed by atoms with van der Waals surface area (Å²) in [7, 11) is 1.59. The lowest BCUT2D eigenvalue weighted by atomic mass is 10.2. The van der Waals surface area contributed by atoms with Gasteiger partial charge in [-0.25, -0.2) is 9.07 Å². The van der Waals surface area contributed by atoms with E-state index in [1.165, 1.54) is 12.1 Å². The average molecular weight is 270 g/mol. The van der Waals surface area contributed by atoms with Crippen LogP contribution in [-0.4, -0.2) is 22.1 Å². The molecule has 0 amide bonds. The Hall–Kier alpha value is -1.46. The quantitative estimate of drug-likeness (QED) is 0.783. The third-order valence-electron chi connectivity index (χ3n) is 2.55. The van der Waals surface area contributed by atoms with Crippen molar-refractivity contribution in [1.29, 1.82) is 0 Å². The Kier molecular flexibility index (Phi) is 4.28. The van der Waals surface area contributed by atoms with Crippen molar-refractivity contribution >= 4 is 11.6 Å². The van der Waals surface area contributed by atoms with Gasteiger partial charge in [0.2, 0.25) is 0 Å². The highest BCUT2D eigenvalue weighted by molar-refractivity contribution is 6.16. The minimum Gasteiger partial charge on any atom is -0.378 e. The summed E-state index contributed by atoms with van der Waals surface area (Å²) < 4.78 is 19.9. The van der Waals surface area contributed by atoms with Gasteiger partial charge in [-0.2, -0.15) is 0 Å². The summed E-state index contributed by atoms with van der Waals surface area (Å²) in [4.78, 5) is 0. The maximum absolute atomic E-state index is 13.1. The first-order chi connectivity index (χ1) is 8.74. The molecule has 0 spiro atoms. The van der Waals surface area contributed by atoms with Gasteiger partial charge >= 0.3 is 0 Å². The van der Waals surface area contributed by atoms with Crippen LogP contribution in [0.15, 0.2) is 24.3 Å². The molecule has 18 heavy (non-hydrogen) atoms. The number of hydrogen-bond acceptors (Lipinski definition) is 3. The summed E-state index contributed by atoms with van der Waals surface area (Å²) >= 11 is 5.78. The lowest BCUT2D eigenvalue weighted by molar-refractivity contribution is 0.176. The Morgan fingerprint density at radius 3 is 2.94 bits per heavy atom. The van der Waals surface area contributed by atoms with Crippen LogP contribution >= 0.6 is 11.6 Å². The Morgan fingerprint density at radius 2 is 2.28 bits per heavy atom. The first-order valence-electron chi connectivity index (χ1n) is 5.45. The third kappa shape index (κ3) is 2.86. The molecule has 0 aliphatic heterocycles. The zero-order valence-electron chi connectivity index (χ0n) is 9.94. The monoisotopic (exact) mass is 269 g/mol. The van der Waals surface area contributed by atoms with Gasteiger partial charge in [0, 0.05) is 7.11 Å². The highest BCUT2D eigenvalue weighted by Crippen LogP contribution is 2.12. The molecule has 0 radical (unpaired) electrons. The molecule has 0 saturated heterocycles. The molecule has 0 aliphatic rings. The predicted molar refractivity (Wildman–Crippen MR) is 65.8 cm³/mol. The number of aromatic nitrogens is 3. The standard InChI is InChI=1S/C12H13ClFN3O/c1-18-8-12-11(6-13)15-16-17(12)7-9-3-2-4-10(14)5-9/h2-5H,6-8H2,1H3. The number of methoxy groups -OCH3 is 1. The lowest BCUT2D eigenvalue weighted by Gasteiger charge is -2.06. The van der Waals surface area contributed by atoms with Crippen molar-refractivity contribution in [3.8, 4) is 0 Å². The summed E-state index contributed by atoms with van der Waals surface area (Å²) in [6.45, 7) is 0.824. The van der Waals surface area contributed by atoms with Crippen molar-refractivity contribution in [3.63, 3.8) is 0 Å². The van der Waals surface area contributed by atoms with Crippen LogP contribution in [0.2, 0.25) is 0 Å².